The van der Waals surface area contributed by atoms with E-state index in [1.54, 1.807) is 54.4 Å². The Kier molecular flexibility index (Phi) is 5.74. The predicted molar refractivity (Wildman–Crippen MR) is 99.7 cm³/mol. The van der Waals surface area contributed by atoms with Crippen molar-refractivity contribution >= 4 is 15.7 Å². The maximum Gasteiger partial charge on any atom is 0.255 e. The lowest BCUT2D eigenvalue weighted by Crippen LogP contribution is -2.41. The van der Waals surface area contributed by atoms with E-state index in [-0.39, 0.29) is 28.2 Å². The molecule has 5 nitrogen and oxygen atoms in total. The number of ether oxygens (including phenoxy) is 1. The average Bonchev–Trinajstić information content (AvgIpc) is 2.68. The Hall–Kier alpha value is -2.18. The molecule has 1 saturated heterocycles. The largest absolute Gasteiger partial charge is 0.381 e. The first kappa shape index (κ1) is 18.6. The fraction of sp³-hybridized carbons (Fsp3) is 0.350. The number of hydrogen-bond acceptors (Lipinski definition) is 4. The van der Waals surface area contributed by atoms with Crippen LogP contribution in [0.2, 0.25) is 0 Å². The highest BCUT2D eigenvalue weighted by Crippen LogP contribution is 2.23. The van der Waals surface area contributed by atoms with Crippen LogP contribution in [0.3, 0.4) is 0 Å². The molecule has 1 fully saturated rings. The molecule has 2 aromatic rings. The van der Waals surface area contributed by atoms with E-state index in [2.05, 4.69) is 0 Å². The lowest BCUT2D eigenvalue weighted by molar-refractivity contribution is 0.0360. The number of nitrogens with zero attached hydrogens (tertiary/aromatic N) is 1. The molecule has 6 heteroatoms. The Morgan fingerprint density at radius 2 is 1.65 bits per heavy atom. The maximum absolute atomic E-state index is 13.0. The van der Waals surface area contributed by atoms with E-state index < -0.39 is 9.84 Å². The van der Waals surface area contributed by atoms with Crippen molar-refractivity contribution in [3.63, 3.8) is 0 Å². The Morgan fingerprint density at radius 3 is 2.35 bits per heavy atom. The highest BCUT2D eigenvalue weighted by Gasteiger charge is 2.28. The minimum atomic E-state index is -3.63. The summed E-state index contributed by atoms with van der Waals surface area (Å²) in [6.45, 7) is 1.24. The van der Waals surface area contributed by atoms with Gasteiger partial charge in [-0.15, -0.1) is 0 Å². The van der Waals surface area contributed by atoms with Crippen molar-refractivity contribution in [1.29, 1.82) is 0 Å². The van der Waals surface area contributed by atoms with Crippen LogP contribution in [-0.2, 0) is 20.3 Å². The van der Waals surface area contributed by atoms with Crippen molar-refractivity contribution in [2.75, 3.05) is 20.3 Å². The van der Waals surface area contributed by atoms with Crippen molar-refractivity contribution in [2.45, 2.75) is 29.5 Å². The molecule has 0 aliphatic carbocycles. The summed E-state index contributed by atoms with van der Waals surface area (Å²) in [4.78, 5) is 14.7. The molecule has 0 unspecified atom stereocenters. The van der Waals surface area contributed by atoms with Crippen LogP contribution in [0.5, 0.6) is 0 Å². The Morgan fingerprint density at radius 1 is 1.04 bits per heavy atom. The third-order valence-electron chi connectivity index (χ3n) is 4.71. The third kappa shape index (κ3) is 4.14. The van der Waals surface area contributed by atoms with Crippen molar-refractivity contribution in [3.05, 3.63) is 65.7 Å². The summed E-state index contributed by atoms with van der Waals surface area (Å²) in [6, 6.07) is 15.5. The normalized spacial score (nSPS) is 15.6. The number of sulfone groups is 1. The van der Waals surface area contributed by atoms with Gasteiger partial charge in [0.15, 0.2) is 9.84 Å². The lowest BCUT2D eigenvalue weighted by atomic mass is 10.1. The summed E-state index contributed by atoms with van der Waals surface area (Å²) in [5.74, 6) is -0.386. The fourth-order valence-corrected chi connectivity index (χ4v) is 4.78. The number of carbonyl (C=O) groups excluding carboxylic acids is 1. The van der Waals surface area contributed by atoms with Gasteiger partial charge in [-0.3, -0.25) is 4.79 Å². The Bertz CT molecular complexity index is 858. The summed E-state index contributed by atoms with van der Waals surface area (Å²) in [7, 11) is -1.89. The van der Waals surface area contributed by atoms with E-state index in [1.807, 2.05) is 6.07 Å². The zero-order valence-corrected chi connectivity index (χ0v) is 15.6. The molecular weight excluding hydrogens is 350 g/mol. The van der Waals surface area contributed by atoms with Gasteiger partial charge in [-0.05, 0) is 30.5 Å². The van der Waals surface area contributed by atoms with Gasteiger partial charge in [0.2, 0.25) is 0 Å². The van der Waals surface area contributed by atoms with E-state index in [9.17, 15) is 13.2 Å². The first-order chi connectivity index (χ1) is 12.5. The molecule has 3 rings (SSSR count). The van der Waals surface area contributed by atoms with Gasteiger partial charge in [-0.1, -0.05) is 42.5 Å². The quantitative estimate of drug-likeness (QED) is 0.808. The molecule has 1 amide bonds. The van der Waals surface area contributed by atoms with Crippen LogP contribution in [0.15, 0.2) is 59.5 Å². The smallest absolute Gasteiger partial charge is 0.255 e. The lowest BCUT2D eigenvalue weighted by Gasteiger charge is -2.31. The summed E-state index contributed by atoms with van der Waals surface area (Å²) >= 11 is 0. The first-order valence-corrected chi connectivity index (χ1v) is 10.3. The molecule has 0 aromatic heterocycles. The van der Waals surface area contributed by atoms with Gasteiger partial charge in [0.25, 0.3) is 5.91 Å². The van der Waals surface area contributed by atoms with E-state index in [0.717, 1.165) is 12.8 Å². The zero-order chi connectivity index (χ0) is 18.6. The van der Waals surface area contributed by atoms with Crippen LogP contribution in [0.4, 0.5) is 0 Å². The molecule has 0 atom stereocenters. The van der Waals surface area contributed by atoms with Crippen LogP contribution in [-0.4, -0.2) is 45.5 Å². The standard InChI is InChI=1S/C20H23NO4S/c1-21(17-11-13-25-14-12-17)20(22)18-9-5-6-10-19(18)26(23,24)15-16-7-3-2-4-8-16/h2-10,17H,11-15H2,1H3. The Labute approximate surface area is 154 Å². The molecule has 0 spiro atoms. The molecule has 0 radical (unpaired) electrons. The topological polar surface area (TPSA) is 63.7 Å². The van der Waals surface area contributed by atoms with Crippen molar-refractivity contribution < 1.29 is 17.9 Å². The monoisotopic (exact) mass is 373 g/mol. The summed E-state index contributed by atoms with van der Waals surface area (Å²) in [5, 5.41) is 0. The highest BCUT2D eigenvalue weighted by atomic mass is 32.2. The maximum atomic E-state index is 13.0. The van der Waals surface area contributed by atoms with Gasteiger partial charge < -0.3 is 9.64 Å². The van der Waals surface area contributed by atoms with Crippen LogP contribution in [0.1, 0.15) is 28.8 Å². The van der Waals surface area contributed by atoms with E-state index >= 15 is 0 Å². The molecule has 2 aromatic carbocycles. The molecule has 26 heavy (non-hydrogen) atoms. The van der Waals surface area contributed by atoms with Crippen molar-refractivity contribution in [3.8, 4) is 0 Å². The summed E-state index contributed by atoms with van der Waals surface area (Å²) in [5.41, 5.74) is 0.935. The van der Waals surface area contributed by atoms with E-state index in [4.69, 9.17) is 4.74 Å². The first-order valence-electron chi connectivity index (χ1n) is 8.69. The summed E-state index contributed by atoms with van der Waals surface area (Å²) < 4.78 is 31.2. The van der Waals surface area contributed by atoms with Crippen LogP contribution in [0.25, 0.3) is 0 Å². The minimum absolute atomic E-state index is 0.0705. The van der Waals surface area contributed by atoms with Crippen LogP contribution >= 0.6 is 0 Å². The number of carbonyl (C=O) groups is 1. The molecule has 1 heterocycles. The van der Waals surface area contributed by atoms with Crippen molar-refractivity contribution in [2.24, 2.45) is 0 Å². The number of benzene rings is 2. The molecule has 0 N–H and O–H groups in total. The van der Waals surface area contributed by atoms with Crippen molar-refractivity contribution in [1.82, 2.24) is 4.90 Å². The molecule has 138 valence electrons. The second-order valence-corrected chi connectivity index (χ2v) is 8.46. The van der Waals surface area contributed by atoms with E-state index in [1.165, 1.54) is 6.07 Å². The minimum Gasteiger partial charge on any atom is -0.381 e. The second-order valence-electron chi connectivity index (χ2n) is 6.50. The average molecular weight is 373 g/mol. The summed E-state index contributed by atoms with van der Waals surface area (Å²) in [6.07, 6.45) is 1.53. The molecular formula is C20H23NO4S. The SMILES string of the molecule is CN(C(=O)c1ccccc1S(=O)(=O)Cc1ccccc1)C1CCOCC1. The van der Waals surface area contributed by atoms with Gasteiger partial charge in [0, 0.05) is 26.3 Å². The fourth-order valence-electron chi connectivity index (χ4n) is 3.21. The molecule has 1 aliphatic rings. The number of amides is 1. The van der Waals surface area contributed by atoms with Gasteiger partial charge in [-0.25, -0.2) is 8.42 Å². The third-order valence-corrected chi connectivity index (χ3v) is 6.45. The van der Waals surface area contributed by atoms with Gasteiger partial charge >= 0.3 is 0 Å². The van der Waals surface area contributed by atoms with Gasteiger partial charge in [0.05, 0.1) is 16.2 Å². The van der Waals surface area contributed by atoms with Gasteiger partial charge in [-0.2, -0.15) is 0 Å². The van der Waals surface area contributed by atoms with Gasteiger partial charge in [0.1, 0.15) is 0 Å². The van der Waals surface area contributed by atoms with E-state index in [0.29, 0.717) is 18.8 Å². The molecule has 1 aliphatic heterocycles. The number of hydrogen-bond donors (Lipinski definition) is 0. The van der Waals surface area contributed by atoms with Crippen LogP contribution < -0.4 is 0 Å². The highest BCUT2D eigenvalue weighted by molar-refractivity contribution is 7.90. The zero-order valence-electron chi connectivity index (χ0n) is 14.8. The molecule has 0 saturated carbocycles. The van der Waals surface area contributed by atoms with Crippen LogP contribution in [0, 0.1) is 0 Å². The Balaban J connectivity index is 1.88. The molecule has 0 bridgehead atoms. The second kappa shape index (κ2) is 8.01. The predicted octanol–water partition coefficient (Wildman–Crippen LogP) is 2.91. The number of rotatable bonds is 5.